The molecular weight excluding hydrogens is 272 g/mol. The van der Waals surface area contributed by atoms with E-state index in [1.807, 2.05) is 49.4 Å². The van der Waals surface area contributed by atoms with Crippen LogP contribution in [0.5, 0.6) is 5.75 Å². The van der Waals surface area contributed by atoms with Crippen molar-refractivity contribution in [2.45, 2.75) is 19.8 Å². The normalized spacial score (nSPS) is 13.2. The third-order valence-corrected chi connectivity index (χ3v) is 4.10. The molecule has 0 spiro atoms. The molecule has 0 aliphatic rings. The molecule has 0 aliphatic heterocycles. The number of Topliss-reactive ketones (excluding diaryl/α,β-unsaturated/α-hetero) is 1. The van der Waals surface area contributed by atoms with Crippen molar-refractivity contribution >= 4 is 5.78 Å². The molecule has 0 amide bonds. The van der Waals surface area contributed by atoms with E-state index in [9.17, 15) is 4.79 Å². The Labute approximate surface area is 132 Å². The molecule has 0 radical (unpaired) electrons. The van der Waals surface area contributed by atoms with Crippen molar-refractivity contribution in [2.75, 3.05) is 7.11 Å². The molecule has 0 bridgehead atoms. The maximum Gasteiger partial charge on any atom is 0.172 e. The molecule has 1 atom stereocenters. The summed E-state index contributed by atoms with van der Waals surface area (Å²) in [7, 11) is 1.62. The molecule has 0 heterocycles. The lowest BCUT2D eigenvalue weighted by Gasteiger charge is -2.24. The van der Waals surface area contributed by atoms with E-state index in [0.717, 1.165) is 18.6 Å². The van der Waals surface area contributed by atoms with Gasteiger partial charge in [-0.1, -0.05) is 36.4 Å². The first-order valence-electron chi connectivity index (χ1n) is 7.45. The summed E-state index contributed by atoms with van der Waals surface area (Å²) in [5.74, 6) is 0.849. The molecule has 22 heavy (non-hydrogen) atoms. The summed E-state index contributed by atoms with van der Waals surface area (Å²) in [4.78, 5) is 12.8. The first-order valence-corrected chi connectivity index (χ1v) is 7.45. The predicted octanol–water partition coefficient (Wildman–Crippen LogP) is 4.70. The van der Waals surface area contributed by atoms with Gasteiger partial charge in [0.25, 0.3) is 0 Å². The zero-order chi connectivity index (χ0) is 16.0. The third kappa shape index (κ3) is 3.64. The van der Waals surface area contributed by atoms with E-state index in [1.165, 1.54) is 5.56 Å². The monoisotopic (exact) mass is 294 g/mol. The highest BCUT2D eigenvalue weighted by molar-refractivity contribution is 6.01. The smallest absolute Gasteiger partial charge is 0.172 e. The molecule has 0 aromatic heterocycles. The zero-order valence-electron chi connectivity index (χ0n) is 13.2. The number of hydrogen-bond acceptors (Lipinski definition) is 2. The number of carbonyl (C=O) groups is 1. The number of ether oxygens (including phenoxy) is 1. The lowest BCUT2D eigenvalue weighted by molar-refractivity contribution is 0.0860. The summed E-state index contributed by atoms with van der Waals surface area (Å²) in [5, 5.41) is 0. The molecule has 2 nitrogen and oxygen atoms in total. The molecule has 0 saturated heterocycles. The Morgan fingerprint density at radius 1 is 1.14 bits per heavy atom. The Bertz CT molecular complexity index is 629. The fourth-order valence-corrected chi connectivity index (χ4v) is 2.43. The van der Waals surface area contributed by atoms with Crippen molar-refractivity contribution in [2.24, 2.45) is 5.41 Å². The summed E-state index contributed by atoms with van der Waals surface area (Å²) in [6, 6.07) is 17.5. The van der Waals surface area contributed by atoms with Crippen molar-refractivity contribution in [3.63, 3.8) is 0 Å². The Morgan fingerprint density at radius 2 is 1.77 bits per heavy atom. The summed E-state index contributed by atoms with van der Waals surface area (Å²) in [5.41, 5.74) is 1.36. The average Bonchev–Trinajstić information content (AvgIpc) is 2.60. The van der Waals surface area contributed by atoms with Crippen LogP contribution >= 0.6 is 0 Å². The van der Waals surface area contributed by atoms with E-state index < -0.39 is 5.41 Å². The predicted molar refractivity (Wildman–Crippen MR) is 90.4 cm³/mol. The summed E-state index contributed by atoms with van der Waals surface area (Å²) in [6.45, 7) is 5.83. The van der Waals surface area contributed by atoms with E-state index in [4.69, 9.17) is 4.74 Å². The fourth-order valence-electron chi connectivity index (χ4n) is 2.43. The maximum atomic E-state index is 12.8. The molecule has 2 aromatic rings. The van der Waals surface area contributed by atoms with Crippen molar-refractivity contribution in [3.05, 3.63) is 78.4 Å². The van der Waals surface area contributed by atoms with Crippen molar-refractivity contribution in [1.82, 2.24) is 0 Å². The van der Waals surface area contributed by atoms with Crippen LogP contribution in [0.15, 0.2) is 67.3 Å². The third-order valence-electron chi connectivity index (χ3n) is 4.10. The maximum absolute atomic E-state index is 12.8. The van der Waals surface area contributed by atoms with E-state index in [2.05, 4.69) is 18.7 Å². The van der Waals surface area contributed by atoms with Gasteiger partial charge in [-0.3, -0.25) is 4.79 Å². The number of allylic oxidation sites excluding steroid dienone is 1. The fraction of sp³-hybridized carbons (Fsp3) is 0.250. The highest BCUT2D eigenvalue weighted by Gasteiger charge is 2.30. The minimum Gasteiger partial charge on any atom is -0.497 e. The van der Waals surface area contributed by atoms with Gasteiger partial charge in [-0.05, 0) is 49.6 Å². The van der Waals surface area contributed by atoms with Gasteiger partial charge in [-0.25, -0.2) is 0 Å². The van der Waals surface area contributed by atoms with Crippen LogP contribution < -0.4 is 4.74 Å². The second-order valence-corrected chi connectivity index (χ2v) is 5.66. The van der Waals surface area contributed by atoms with Gasteiger partial charge in [0, 0.05) is 11.0 Å². The van der Waals surface area contributed by atoms with Crippen LogP contribution in [-0.2, 0) is 6.42 Å². The zero-order valence-corrected chi connectivity index (χ0v) is 13.2. The molecule has 1 unspecified atom stereocenters. The van der Waals surface area contributed by atoms with Gasteiger partial charge in [-0.2, -0.15) is 0 Å². The molecule has 0 aliphatic carbocycles. The second-order valence-electron chi connectivity index (χ2n) is 5.66. The van der Waals surface area contributed by atoms with Crippen LogP contribution in [0.1, 0.15) is 29.3 Å². The van der Waals surface area contributed by atoms with Gasteiger partial charge >= 0.3 is 0 Å². The van der Waals surface area contributed by atoms with Gasteiger partial charge in [0.1, 0.15) is 5.75 Å². The number of methoxy groups -OCH3 is 1. The number of ketones is 1. The van der Waals surface area contributed by atoms with Gasteiger partial charge in [0.15, 0.2) is 5.78 Å². The minimum atomic E-state index is -0.565. The van der Waals surface area contributed by atoms with Gasteiger partial charge in [-0.15, -0.1) is 6.58 Å². The Morgan fingerprint density at radius 3 is 2.32 bits per heavy atom. The molecule has 0 saturated carbocycles. The topological polar surface area (TPSA) is 26.3 Å². The molecular formula is C20H22O2. The molecule has 114 valence electrons. The van der Waals surface area contributed by atoms with E-state index in [0.29, 0.717) is 5.56 Å². The van der Waals surface area contributed by atoms with Gasteiger partial charge in [0.2, 0.25) is 0 Å². The number of rotatable bonds is 7. The molecule has 2 aromatic carbocycles. The number of carbonyl (C=O) groups excluding carboxylic acids is 1. The van der Waals surface area contributed by atoms with Crippen LogP contribution in [-0.4, -0.2) is 12.9 Å². The minimum absolute atomic E-state index is 0.0982. The first-order chi connectivity index (χ1) is 10.6. The van der Waals surface area contributed by atoms with Crippen molar-refractivity contribution in [3.8, 4) is 5.75 Å². The summed E-state index contributed by atoms with van der Waals surface area (Å²) in [6.07, 6.45) is 3.36. The number of benzene rings is 2. The van der Waals surface area contributed by atoms with Gasteiger partial charge in [0.05, 0.1) is 7.11 Å². The van der Waals surface area contributed by atoms with Crippen LogP contribution in [0, 0.1) is 5.41 Å². The number of hydrogen-bond donors (Lipinski definition) is 0. The van der Waals surface area contributed by atoms with Crippen molar-refractivity contribution < 1.29 is 9.53 Å². The average molecular weight is 294 g/mol. The van der Waals surface area contributed by atoms with Crippen LogP contribution in [0.2, 0.25) is 0 Å². The van der Waals surface area contributed by atoms with E-state index >= 15 is 0 Å². The first kappa shape index (κ1) is 16.0. The number of aryl methyl sites for hydroxylation is 1. The largest absolute Gasteiger partial charge is 0.497 e. The Hall–Kier alpha value is -2.35. The lowest BCUT2D eigenvalue weighted by Crippen LogP contribution is -2.26. The second kappa shape index (κ2) is 7.08. The summed E-state index contributed by atoms with van der Waals surface area (Å²) >= 11 is 0. The Balaban J connectivity index is 2.13. The molecule has 2 rings (SSSR count). The highest BCUT2D eigenvalue weighted by atomic mass is 16.5. The SMILES string of the molecule is C=CC(C)(CCc1ccccc1)C(=O)c1ccc(OC)cc1. The molecule has 0 fully saturated rings. The molecule has 2 heteroatoms. The standard InChI is InChI=1S/C20H22O2/c1-4-20(2,15-14-16-8-6-5-7-9-16)19(21)17-10-12-18(22-3)13-11-17/h4-13H,1,14-15H2,2-3H3. The van der Waals surface area contributed by atoms with Crippen LogP contribution in [0.4, 0.5) is 0 Å². The molecule has 0 N–H and O–H groups in total. The van der Waals surface area contributed by atoms with E-state index in [1.54, 1.807) is 13.2 Å². The van der Waals surface area contributed by atoms with Gasteiger partial charge < -0.3 is 4.74 Å². The van der Waals surface area contributed by atoms with Crippen molar-refractivity contribution in [1.29, 1.82) is 0 Å². The summed E-state index contributed by atoms with van der Waals surface area (Å²) < 4.78 is 5.13. The lowest BCUT2D eigenvalue weighted by atomic mass is 9.77. The van der Waals surface area contributed by atoms with E-state index in [-0.39, 0.29) is 5.78 Å². The van der Waals surface area contributed by atoms with Crippen LogP contribution in [0.3, 0.4) is 0 Å². The Kier molecular flexibility index (Phi) is 5.16. The quantitative estimate of drug-likeness (QED) is 0.546. The van der Waals surface area contributed by atoms with Crippen LogP contribution in [0.25, 0.3) is 0 Å². The highest BCUT2D eigenvalue weighted by Crippen LogP contribution is 2.30.